The molecule has 0 bridgehead atoms. The first-order valence-corrected chi connectivity index (χ1v) is 5.24. The topological polar surface area (TPSA) is 49.4 Å². The van der Waals surface area contributed by atoms with E-state index in [1.165, 1.54) is 12.1 Å². The molecule has 0 atom stereocenters. The van der Waals surface area contributed by atoms with E-state index in [9.17, 15) is 9.90 Å². The number of carboxylic acids is 1. The SMILES string of the molecule is O=C([O-])c1ccc(OCc2ccccc2)cc1.[Na+]. The van der Waals surface area contributed by atoms with Crippen molar-refractivity contribution < 1.29 is 44.2 Å². The second-order valence-electron chi connectivity index (χ2n) is 3.59. The largest absolute Gasteiger partial charge is 1.00 e. The molecule has 18 heavy (non-hydrogen) atoms. The molecule has 0 fully saturated rings. The molecule has 0 N–H and O–H groups in total. The predicted molar refractivity (Wildman–Crippen MR) is 61.5 cm³/mol. The van der Waals surface area contributed by atoms with Crippen LogP contribution in [0.2, 0.25) is 0 Å². The number of carbonyl (C=O) groups is 1. The molecule has 2 rings (SSSR count). The first kappa shape index (κ1) is 14.8. The van der Waals surface area contributed by atoms with E-state index in [0.717, 1.165) is 5.56 Å². The van der Waals surface area contributed by atoms with Crippen molar-refractivity contribution in [1.82, 2.24) is 0 Å². The number of carboxylic acid groups (broad SMARTS) is 1. The third-order valence-electron chi connectivity index (χ3n) is 2.34. The summed E-state index contributed by atoms with van der Waals surface area (Å²) in [6, 6.07) is 15.9. The molecule has 86 valence electrons. The van der Waals surface area contributed by atoms with E-state index in [-0.39, 0.29) is 35.1 Å². The van der Waals surface area contributed by atoms with Gasteiger partial charge in [-0.3, -0.25) is 0 Å². The summed E-state index contributed by atoms with van der Waals surface area (Å²) in [6.45, 7) is 0.464. The van der Waals surface area contributed by atoms with Gasteiger partial charge in [0.2, 0.25) is 0 Å². The van der Waals surface area contributed by atoms with Gasteiger partial charge in [-0.15, -0.1) is 0 Å². The Bertz CT molecular complexity index is 494. The third-order valence-corrected chi connectivity index (χ3v) is 2.34. The molecular formula is C14H11NaO3. The van der Waals surface area contributed by atoms with Crippen LogP contribution in [0.25, 0.3) is 0 Å². The summed E-state index contributed by atoms with van der Waals surface area (Å²) in [4.78, 5) is 10.5. The maximum atomic E-state index is 10.5. The van der Waals surface area contributed by atoms with Crippen molar-refractivity contribution in [2.75, 3.05) is 0 Å². The Morgan fingerprint density at radius 3 is 2.17 bits per heavy atom. The summed E-state index contributed by atoms with van der Waals surface area (Å²) in [5, 5.41) is 10.5. The fourth-order valence-corrected chi connectivity index (χ4v) is 1.43. The van der Waals surface area contributed by atoms with Gasteiger partial charge in [-0.05, 0) is 35.4 Å². The Balaban J connectivity index is 0.00000162. The van der Waals surface area contributed by atoms with Crippen LogP contribution in [0.15, 0.2) is 54.6 Å². The molecule has 0 heterocycles. The van der Waals surface area contributed by atoms with Crippen molar-refractivity contribution in [3.05, 3.63) is 65.7 Å². The predicted octanol–water partition coefficient (Wildman–Crippen LogP) is -1.37. The molecule has 2 aromatic rings. The molecular weight excluding hydrogens is 239 g/mol. The van der Waals surface area contributed by atoms with Crippen molar-refractivity contribution >= 4 is 5.97 Å². The minimum Gasteiger partial charge on any atom is -0.545 e. The van der Waals surface area contributed by atoms with Gasteiger partial charge < -0.3 is 14.6 Å². The van der Waals surface area contributed by atoms with Gasteiger partial charge in [0.1, 0.15) is 12.4 Å². The molecule has 0 amide bonds. The van der Waals surface area contributed by atoms with Gasteiger partial charge in [-0.1, -0.05) is 30.3 Å². The van der Waals surface area contributed by atoms with Crippen LogP contribution in [0, 0.1) is 0 Å². The van der Waals surface area contributed by atoms with E-state index >= 15 is 0 Å². The standard InChI is InChI=1S/C14H12O3.Na/c15-14(16)12-6-8-13(9-7-12)17-10-11-4-2-1-3-5-11;/h1-9H,10H2,(H,15,16);/q;+1/p-1. The van der Waals surface area contributed by atoms with Gasteiger partial charge in [-0.25, -0.2) is 0 Å². The van der Waals surface area contributed by atoms with Gasteiger partial charge in [0, 0.05) is 0 Å². The van der Waals surface area contributed by atoms with E-state index in [4.69, 9.17) is 4.74 Å². The summed E-state index contributed by atoms with van der Waals surface area (Å²) < 4.78 is 5.51. The molecule has 0 radical (unpaired) electrons. The minimum absolute atomic E-state index is 0. The Labute approximate surface area is 128 Å². The summed E-state index contributed by atoms with van der Waals surface area (Å²) in [5.74, 6) is -0.543. The average molecular weight is 250 g/mol. The number of benzene rings is 2. The zero-order chi connectivity index (χ0) is 12.1. The van der Waals surface area contributed by atoms with E-state index in [1.807, 2.05) is 30.3 Å². The van der Waals surface area contributed by atoms with Crippen LogP contribution in [0.3, 0.4) is 0 Å². The molecule has 0 aliphatic rings. The summed E-state index contributed by atoms with van der Waals surface area (Å²) in [7, 11) is 0. The zero-order valence-electron chi connectivity index (χ0n) is 10.1. The number of hydrogen-bond donors (Lipinski definition) is 0. The Morgan fingerprint density at radius 2 is 1.61 bits per heavy atom. The maximum Gasteiger partial charge on any atom is 1.00 e. The molecule has 0 spiro atoms. The maximum absolute atomic E-state index is 10.5. The van der Waals surface area contributed by atoms with E-state index in [0.29, 0.717) is 12.4 Å². The smallest absolute Gasteiger partial charge is 0.545 e. The Morgan fingerprint density at radius 1 is 1.00 bits per heavy atom. The molecule has 0 unspecified atom stereocenters. The van der Waals surface area contributed by atoms with E-state index in [1.54, 1.807) is 12.1 Å². The number of aromatic carboxylic acids is 1. The van der Waals surface area contributed by atoms with E-state index < -0.39 is 5.97 Å². The Hall–Kier alpha value is -1.29. The fraction of sp³-hybridized carbons (Fsp3) is 0.0714. The quantitative estimate of drug-likeness (QED) is 0.629. The summed E-state index contributed by atoms with van der Waals surface area (Å²) in [5.41, 5.74) is 1.22. The first-order valence-electron chi connectivity index (χ1n) is 5.24. The molecule has 0 aliphatic heterocycles. The summed E-state index contributed by atoms with van der Waals surface area (Å²) >= 11 is 0. The van der Waals surface area contributed by atoms with Gasteiger partial charge in [0.15, 0.2) is 0 Å². The van der Waals surface area contributed by atoms with Crippen molar-refractivity contribution in [2.45, 2.75) is 6.61 Å². The molecule has 0 aromatic heterocycles. The molecule has 4 heteroatoms. The van der Waals surface area contributed by atoms with E-state index in [2.05, 4.69) is 0 Å². The van der Waals surface area contributed by atoms with Gasteiger partial charge in [0.05, 0.1) is 5.97 Å². The monoisotopic (exact) mass is 250 g/mol. The first-order chi connectivity index (χ1) is 8.25. The average Bonchev–Trinajstić information content (AvgIpc) is 2.38. The number of hydrogen-bond acceptors (Lipinski definition) is 3. The summed E-state index contributed by atoms with van der Waals surface area (Å²) in [6.07, 6.45) is 0. The second-order valence-corrected chi connectivity index (χ2v) is 3.59. The van der Waals surface area contributed by atoms with Crippen LogP contribution in [0.4, 0.5) is 0 Å². The third kappa shape index (κ3) is 4.18. The normalized spacial score (nSPS) is 9.33. The molecule has 0 saturated carbocycles. The Kier molecular flexibility index (Phi) is 5.92. The van der Waals surface area contributed by atoms with Crippen molar-refractivity contribution in [3.8, 4) is 5.75 Å². The number of carbonyl (C=O) groups excluding carboxylic acids is 1. The van der Waals surface area contributed by atoms with Crippen LogP contribution in [-0.4, -0.2) is 5.97 Å². The molecule has 0 aliphatic carbocycles. The van der Waals surface area contributed by atoms with Crippen LogP contribution >= 0.6 is 0 Å². The second kappa shape index (κ2) is 7.21. The van der Waals surface area contributed by atoms with Crippen LogP contribution in [0.1, 0.15) is 15.9 Å². The van der Waals surface area contributed by atoms with Crippen LogP contribution < -0.4 is 39.4 Å². The van der Waals surface area contributed by atoms with Crippen LogP contribution in [0.5, 0.6) is 5.75 Å². The van der Waals surface area contributed by atoms with Crippen molar-refractivity contribution in [2.24, 2.45) is 0 Å². The molecule has 2 aromatic carbocycles. The molecule has 3 nitrogen and oxygen atoms in total. The van der Waals surface area contributed by atoms with Gasteiger partial charge in [0.25, 0.3) is 0 Å². The van der Waals surface area contributed by atoms with Crippen molar-refractivity contribution in [3.63, 3.8) is 0 Å². The minimum atomic E-state index is -1.18. The van der Waals surface area contributed by atoms with Crippen molar-refractivity contribution in [1.29, 1.82) is 0 Å². The fourth-order valence-electron chi connectivity index (χ4n) is 1.43. The zero-order valence-corrected chi connectivity index (χ0v) is 12.1. The van der Waals surface area contributed by atoms with Crippen LogP contribution in [-0.2, 0) is 6.61 Å². The number of rotatable bonds is 4. The number of ether oxygens (including phenoxy) is 1. The van der Waals surface area contributed by atoms with Gasteiger partial charge >= 0.3 is 29.6 Å². The molecule has 0 saturated heterocycles. The van der Waals surface area contributed by atoms with Gasteiger partial charge in [-0.2, -0.15) is 0 Å².